The second kappa shape index (κ2) is 8.77. The molecule has 0 spiro atoms. The van der Waals surface area contributed by atoms with Crippen molar-refractivity contribution in [2.24, 2.45) is 0 Å². The third kappa shape index (κ3) is 5.44. The Balaban J connectivity index is 1.84. The van der Waals surface area contributed by atoms with Crippen molar-refractivity contribution in [2.75, 3.05) is 12.3 Å². The molecule has 156 valence electrons. The molecule has 1 aromatic heterocycles. The van der Waals surface area contributed by atoms with E-state index in [0.717, 1.165) is 16.3 Å². The van der Waals surface area contributed by atoms with Gasteiger partial charge in [-0.3, -0.25) is 4.79 Å². The van der Waals surface area contributed by atoms with Gasteiger partial charge in [-0.2, -0.15) is 0 Å². The molecule has 0 aliphatic heterocycles. The van der Waals surface area contributed by atoms with Gasteiger partial charge in [-0.1, -0.05) is 36.4 Å². The summed E-state index contributed by atoms with van der Waals surface area (Å²) in [5, 5.41) is 7.69. The number of nitrogen functional groups attached to an aromatic ring is 1. The Kier molecular flexibility index (Phi) is 6.15. The monoisotopic (exact) mass is 407 g/mol. The topological polar surface area (TPSA) is 119 Å². The lowest BCUT2D eigenvalue weighted by molar-refractivity contribution is 0.0520. The van der Waals surface area contributed by atoms with Crippen LogP contribution in [0.2, 0.25) is 0 Å². The van der Waals surface area contributed by atoms with Gasteiger partial charge in [0.15, 0.2) is 11.5 Å². The van der Waals surface area contributed by atoms with Crippen LogP contribution in [0.3, 0.4) is 0 Å². The zero-order chi connectivity index (χ0) is 21.7. The molecule has 8 nitrogen and oxygen atoms in total. The third-order valence-corrected chi connectivity index (χ3v) is 4.27. The number of nitrogens with two attached hydrogens (primary N) is 1. The van der Waals surface area contributed by atoms with E-state index in [0.29, 0.717) is 0 Å². The highest BCUT2D eigenvalue weighted by Gasteiger charge is 2.22. The fraction of sp³-hybridized carbons (Fsp3) is 0.273. The van der Waals surface area contributed by atoms with Crippen LogP contribution in [0, 0.1) is 0 Å². The summed E-state index contributed by atoms with van der Waals surface area (Å²) in [6.45, 7) is 5.48. The number of fused-ring (bicyclic) bond motifs is 1. The van der Waals surface area contributed by atoms with Crippen LogP contribution in [0.25, 0.3) is 10.8 Å². The van der Waals surface area contributed by atoms with Crippen LogP contribution in [-0.4, -0.2) is 34.1 Å². The molecular formula is C22H25N5O3. The number of benzene rings is 2. The summed E-state index contributed by atoms with van der Waals surface area (Å²) in [7, 11) is 0. The highest BCUT2D eigenvalue weighted by Crippen LogP contribution is 2.21. The van der Waals surface area contributed by atoms with Gasteiger partial charge in [0.05, 0.1) is 6.04 Å². The van der Waals surface area contributed by atoms with E-state index in [4.69, 9.17) is 10.5 Å². The molecule has 4 N–H and O–H groups in total. The van der Waals surface area contributed by atoms with E-state index < -0.39 is 23.6 Å². The Morgan fingerprint density at radius 1 is 1.07 bits per heavy atom. The van der Waals surface area contributed by atoms with Crippen molar-refractivity contribution in [1.82, 2.24) is 20.6 Å². The Morgan fingerprint density at radius 3 is 2.47 bits per heavy atom. The fourth-order valence-corrected chi connectivity index (χ4v) is 2.93. The first-order chi connectivity index (χ1) is 14.2. The molecule has 0 bridgehead atoms. The highest BCUT2D eigenvalue weighted by atomic mass is 16.6. The number of rotatable bonds is 5. The Hall–Kier alpha value is -3.68. The highest BCUT2D eigenvalue weighted by molar-refractivity contribution is 5.96. The molecule has 30 heavy (non-hydrogen) atoms. The lowest BCUT2D eigenvalue weighted by Gasteiger charge is -2.23. The SMILES string of the molecule is CC(C)(C)OC(=O)NC[C@@H](NC(=O)c1nccnc1N)c1ccc2ccccc2c1. The van der Waals surface area contributed by atoms with Crippen molar-refractivity contribution in [3.05, 3.63) is 66.1 Å². The number of hydrogen-bond donors (Lipinski definition) is 3. The minimum absolute atomic E-state index is 0.0283. The average Bonchev–Trinajstić information content (AvgIpc) is 2.69. The number of amides is 2. The maximum absolute atomic E-state index is 12.7. The van der Waals surface area contributed by atoms with E-state index in [1.165, 1.54) is 12.4 Å². The van der Waals surface area contributed by atoms with Gasteiger partial charge in [-0.25, -0.2) is 14.8 Å². The largest absolute Gasteiger partial charge is 0.444 e. The van der Waals surface area contributed by atoms with Crippen LogP contribution in [-0.2, 0) is 4.74 Å². The Morgan fingerprint density at radius 2 is 1.77 bits per heavy atom. The summed E-state index contributed by atoms with van der Waals surface area (Å²) in [6, 6.07) is 13.2. The number of hydrogen-bond acceptors (Lipinski definition) is 6. The van der Waals surface area contributed by atoms with Gasteiger partial charge in [0, 0.05) is 18.9 Å². The summed E-state index contributed by atoms with van der Waals surface area (Å²) in [4.78, 5) is 32.8. The minimum atomic E-state index is -0.625. The third-order valence-electron chi connectivity index (χ3n) is 4.27. The van der Waals surface area contributed by atoms with Crippen molar-refractivity contribution >= 4 is 28.6 Å². The minimum Gasteiger partial charge on any atom is -0.444 e. The van der Waals surface area contributed by atoms with Gasteiger partial charge in [-0.15, -0.1) is 0 Å². The van der Waals surface area contributed by atoms with E-state index in [1.807, 2.05) is 42.5 Å². The number of aromatic nitrogens is 2. The molecule has 0 saturated carbocycles. The lowest BCUT2D eigenvalue weighted by Crippen LogP contribution is -2.40. The second-order valence-corrected chi connectivity index (χ2v) is 7.81. The first-order valence-corrected chi connectivity index (χ1v) is 9.56. The van der Waals surface area contributed by atoms with E-state index in [9.17, 15) is 9.59 Å². The molecule has 2 aromatic carbocycles. The van der Waals surface area contributed by atoms with Crippen LogP contribution in [0.15, 0.2) is 54.9 Å². The zero-order valence-corrected chi connectivity index (χ0v) is 17.2. The van der Waals surface area contributed by atoms with E-state index in [1.54, 1.807) is 20.8 Å². The predicted molar refractivity (Wildman–Crippen MR) is 115 cm³/mol. The molecule has 0 fully saturated rings. The molecule has 8 heteroatoms. The van der Waals surface area contributed by atoms with Gasteiger partial charge in [-0.05, 0) is 43.2 Å². The summed E-state index contributed by atoms with van der Waals surface area (Å²) in [5.41, 5.74) is 6.00. The van der Waals surface area contributed by atoms with Gasteiger partial charge < -0.3 is 21.1 Å². The summed E-state index contributed by atoms with van der Waals surface area (Å²) >= 11 is 0. The standard InChI is InChI=1S/C22H25N5O3/c1-22(2,3)30-21(29)26-13-17(27-20(28)18-19(23)25-11-10-24-18)16-9-8-14-6-4-5-7-15(14)12-16/h4-12,17H,13H2,1-3H3,(H2,23,25)(H,26,29)(H,27,28)/t17-/m1/s1. The number of anilines is 1. The molecule has 2 amide bonds. The lowest BCUT2D eigenvalue weighted by atomic mass is 10.0. The number of ether oxygens (including phenoxy) is 1. The molecule has 0 aliphatic carbocycles. The van der Waals surface area contributed by atoms with Crippen LogP contribution in [0.4, 0.5) is 10.6 Å². The smallest absolute Gasteiger partial charge is 0.407 e. The first-order valence-electron chi connectivity index (χ1n) is 9.56. The molecule has 3 aromatic rings. The van der Waals surface area contributed by atoms with Crippen LogP contribution >= 0.6 is 0 Å². The number of nitrogens with one attached hydrogen (secondary N) is 2. The molecule has 0 aliphatic rings. The molecular weight excluding hydrogens is 382 g/mol. The zero-order valence-electron chi connectivity index (χ0n) is 17.2. The van der Waals surface area contributed by atoms with Gasteiger partial charge in [0.2, 0.25) is 0 Å². The summed E-state index contributed by atoms with van der Waals surface area (Å²) in [5.74, 6) is -0.447. The molecule has 1 heterocycles. The molecule has 3 rings (SSSR count). The number of nitrogens with zero attached hydrogens (tertiary/aromatic N) is 2. The maximum Gasteiger partial charge on any atom is 0.407 e. The Labute approximate surface area is 174 Å². The number of carbonyl (C=O) groups is 2. The van der Waals surface area contributed by atoms with E-state index >= 15 is 0 Å². The van der Waals surface area contributed by atoms with Gasteiger partial charge in [0.25, 0.3) is 5.91 Å². The summed E-state index contributed by atoms with van der Waals surface area (Å²) in [6.07, 6.45) is 2.24. The first kappa shape index (κ1) is 21.0. The summed E-state index contributed by atoms with van der Waals surface area (Å²) < 4.78 is 5.30. The molecule has 0 radical (unpaired) electrons. The molecule has 0 unspecified atom stereocenters. The van der Waals surface area contributed by atoms with Gasteiger partial charge >= 0.3 is 6.09 Å². The van der Waals surface area contributed by atoms with Crippen molar-refractivity contribution in [3.63, 3.8) is 0 Å². The van der Waals surface area contributed by atoms with Crippen molar-refractivity contribution < 1.29 is 14.3 Å². The number of alkyl carbamates (subject to hydrolysis) is 1. The maximum atomic E-state index is 12.7. The molecule has 1 atom stereocenters. The Bertz CT molecular complexity index is 1060. The van der Waals surface area contributed by atoms with Crippen molar-refractivity contribution in [3.8, 4) is 0 Å². The van der Waals surface area contributed by atoms with Crippen LogP contribution in [0.5, 0.6) is 0 Å². The van der Waals surface area contributed by atoms with E-state index in [-0.39, 0.29) is 18.1 Å². The average molecular weight is 407 g/mol. The predicted octanol–water partition coefficient (Wildman–Crippen LogP) is 3.21. The van der Waals surface area contributed by atoms with Crippen molar-refractivity contribution in [2.45, 2.75) is 32.4 Å². The molecule has 0 saturated heterocycles. The van der Waals surface area contributed by atoms with E-state index in [2.05, 4.69) is 20.6 Å². The van der Waals surface area contributed by atoms with Crippen LogP contribution < -0.4 is 16.4 Å². The van der Waals surface area contributed by atoms with Crippen LogP contribution in [0.1, 0.15) is 42.9 Å². The van der Waals surface area contributed by atoms with Gasteiger partial charge in [0.1, 0.15) is 5.60 Å². The normalized spacial score (nSPS) is 12.2. The van der Waals surface area contributed by atoms with Crippen molar-refractivity contribution in [1.29, 1.82) is 0 Å². The quantitative estimate of drug-likeness (QED) is 0.597. The number of carbonyl (C=O) groups excluding carboxylic acids is 2. The fourth-order valence-electron chi connectivity index (χ4n) is 2.93. The second-order valence-electron chi connectivity index (χ2n) is 7.81.